The number of hydrazine groups is 1. The normalized spacial score (nSPS) is 13.2. The summed E-state index contributed by atoms with van der Waals surface area (Å²) >= 11 is 5.78. The third kappa shape index (κ3) is 1.17. The van der Waals surface area contributed by atoms with Crippen molar-refractivity contribution in [1.82, 2.24) is 5.43 Å². The van der Waals surface area contributed by atoms with Crippen molar-refractivity contribution in [2.45, 2.75) is 0 Å². The number of halogens is 1. The first kappa shape index (κ1) is 6.55. The lowest BCUT2D eigenvalue weighted by Gasteiger charge is -2.13. The van der Waals surface area contributed by atoms with Crippen molar-refractivity contribution in [2.24, 2.45) is 0 Å². The lowest BCUT2D eigenvalue weighted by molar-refractivity contribution is 1.05. The predicted molar refractivity (Wildman–Crippen MR) is 47.2 cm³/mol. The molecule has 1 aliphatic heterocycles. The molecule has 1 heterocycles. The smallest absolute Gasteiger partial charge is 0.0627 e. The zero-order valence-electron chi connectivity index (χ0n) is 5.76. The monoisotopic (exact) mass is 166 g/mol. The van der Waals surface area contributed by atoms with Crippen LogP contribution >= 0.6 is 11.6 Å². The average molecular weight is 167 g/mol. The van der Waals surface area contributed by atoms with E-state index in [0.29, 0.717) is 0 Å². The molecule has 0 saturated heterocycles. The van der Waals surface area contributed by atoms with Gasteiger partial charge in [-0.15, -0.1) is 0 Å². The van der Waals surface area contributed by atoms with Crippen LogP contribution in [0.25, 0.3) is 6.08 Å². The molecule has 0 radical (unpaired) electrons. The molecule has 2 rings (SSSR count). The fraction of sp³-hybridized carbons (Fsp3) is 0. The van der Waals surface area contributed by atoms with Crippen LogP contribution in [-0.2, 0) is 0 Å². The lowest BCUT2D eigenvalue weighted by atomic mass is 10.1. The highest BCUT2D eigenvalue weighted by Gasteiger charge is 2.01. The summed E-state index contributed by atoms with van der Waals surface area (Å²) in [5.74, 6) is 0. The number of anilines is 1. The molecule has 0 aliphatic carbocycles. The van der Waals surface area contributed by atoms with Crippen molar-refractivity contribution in [3.05, 3.63) is 35.0 Å². The van der Waals surface area contributed by atoms with Crippen LogP contribution in [0.4, 0.5) is 5.69 Å². The van der Waals surface area contributed by atoms with Crippen molar-refractivity contribution in [1.29, 1.82) is 0 Å². The Bertz CT molecular complexity index is 307. The first-order valence-electron chi connectivity index (χ1n) is 3.34. The van der Waals surface area contributed by atoms with Gasteiger partial charge < -0.3 is 10.9 Å². The van der Waals surface area contributed by atoms with E-state index in [-0.39, 0.29) is 0 Å². The summed E-state index contributed by atoms with van der Waals surface area (Å²) in [6.45, 7) is 0. The second-order valence-corrected chi connectivity index (χ2v) is 2.77. The van der Waals surface area contributed by atoms with Crippen LogP contribution in [0.3, 0.4) is 0 Å². The molecule has 0 amide bonds. The van der Waals surface area contributed by atoms with E-state index in [9.17, 15) is 0 Å². The highest BCUT2D eigenvalue weighted by atomic mass is 35.5. The SMILES string of the molecule is Clc1ccc2c(c1)NNC=C2. The van der Waals surface area contributed by atoms with Gasteiger partial charge in [-0.1, -0.05) is 17.7 Å². The number of hydrogen-bond acceptors (Lipinski definition) is 2. The Hall–Kier alpha value is -1.15. The van der Waals surface area contributed by atoms with Gasteiger partial charge in [-0.25, -0.2) is 0 Å². The number of nitrogens with one attached hydrogen (secondary N) is 2. The molecule has 1 aromatic rings. The fourth-order valence-corrected chi connectivity index (χ4v) is 1.21. The van der Waals surface area contributed by atoms with Crippen molar-refractivity contribution < 1.29 is 0 Å². The minimum absolute atomic E-state index is 0.744. The van der Waals surface area contributed by atoms with Gasteiger partial charge in [0.1, 0.15) is 0 Å². The van der Waals surface area contributed by atoms with Crippen molar-refractivity contribution in [2.75, 3.05) is 5.43 Å². The van der Waals surface area contributed by atoms with Crippen molar-refractivity contribution >= 4 is 23.4 Å². The highest BCUT2D eigenvalue weighted by molar-refractivity contribution is 6.30. The lowest BCUT2D eigenvalue weighted by Crippen LogP contribution is -2.17. The Balaban J connectivity index is 2.53. The Morgan fingerprint density at radius 1 is 1.27 bits per heavy atom. The zero-order valence-corrected chi connectivity index (χ0v) is 6.52. The molecular weight excluding hydrogens is 160 g/mol. The van der Waals surface area contributed by atoms with Crippen LogP contribution in [0.2, 0.25) is 5.02 Å². The molecule has 2 nitrogen and oxygen atoms in total. The molecule has 0 aromatic heterocycles. The van der Waals surface area contributed by atoms with E-state index < -0.39 is 0 Å². The van der Waals surface area contributed by atoms with Crippen LogP contribution in [0, 0.1) is 0 Å². The Labute approximate surface area is 69.8 Å². The van der Waals surface area contributed by atoms with Gasteiger partial charge in [-0.3, -0.25) is 0 Å². The Morgan fingerprint density at radius 2 is 2.18 bits per heavy atom. The second kappa shape index (κ2) is 2.47. The molecule has 0 unspecified atom stereocenters. The molecule has 1 aliphatic rings. The first-order valence-corrected chi connectivity index (χ1v) is 3.72. The zero-order chi connectivity index (χ0) is 7.68. The Kier molecular flexibility index (Phi) is 1.47. The van der Waals surface area contributed by atoms with E-state index in [1.54, 1.807) is 0 Å². The maximum atomic E-state index is 5.78. The van der Waals surface area contributed by atoms with Gasteiger partial charge in [0.05, 0.1) is 5.69 Å². The summed E-state index contributed by atoms with van der Waals surface area (Å²) in [4.78, 5) is 0. The van der Waals surface area contributed by atoms with Crippen LogP contribution < -0.4 is 10.9 Å². The van der Waals surface area contributed by atoms with Crippen LogP contribution in [0.15, 0.2) is 24.4 Å². The van der Waals surface area contributed by atoms with Gasteiger partial charge >= 0.3 is 0 Å². The van der Waals surface area contributed by atoms with Crippen LogP contribution in [0.5, 0.6) is 0 Å². The van der Waals surface area contributed by atoms with Crippen molar-refractivity contribution in [3.63, 3.8) is 0 Å². The Morgan fingerprint density at radius 3 is 3.09 bits per heavy atom. The van der Waals surface area contributed by atoms with Gasteiger partial charge in [0.15, 0.2) is 0 Å². The average Bonchev–Trinajstić information content (AvgIpc) is 2.04. The van der Waals surface area contributed by atoms with E-state index in [1.807, 2.05) is 30.5 Å². The maximum absolute atomic E-state index is 5.78. The fourth-order valence-electron chi connectivity index (χ4n) is 1.03. The van der Waals surface area contributed by atoms with Crippen molar-refractivity contribution in [3.8, 4) is 0 Å². The van der Waals surface area contributed by atoms with Gasteiger partial charge in [-0.05, 0) is 18.2 Å². The van der Waals surface area contributed by atoms with Gasteiger partial charge in [0, 0.05) is 16.8 Å². The van der Waals surface area contributed by atoms with Gasteiger partial charge in [0.2, 0.25) is 0 Å². The molecular formula is C8H7ClN2. The number of benzene rings is 1. The molecule has 0 saturated carbocycles. The molecule has 56 valence electrons. The van der Waals surface area contributed by atoms with E-state index in [1.165, 1.54) is 0 Å². The molecule has 2 N–H and O–H groups in total. The van der Waals surface area contributed by atoms with Crippen LogP contribution in [-0.4, -0.2) is 0 Å². The molecule has 0 atom stereocenters. The predicted octanol–water partition coefficient (Wildman–Crippen LogP) is 2.24. The second-order valence-electron chi connectivity index (χ2n) is 2.33. The topological polar surface area (TPSA) is 24.1 Å². The largest absolute Gasteiger partial charge is 0.308 e. The quantitative estimate of drug-likeness (QED) is 0.618. The van der Waals surface area contributed by atoms with E-state index in [0.717, 1.165) is 16.3 Å². The van der Waals surface area contributed by atoms with E-state index in [4.69, 9.17) is 11.6 Å². The third-order valence-corrected chi connectivity index (χ3v) is 1.80. The summed E-state index contributed by atoms with van der Waals surface area (Å²) in [6.07, 6.45) is 3.83. The summed E-state index contributed by atoms with van der Waals surface area (Å²) in [5.41, 5.74) is 8.02. The summed E-state index contributed by atoms with van der Waals surface area (Å²) in [7, 11) is 0. The standard InChI is InChI=1S/C8H7ClN2/c9-7-2-1-6-3-4-10-11-8(6)5-7/h1-5,10-11H. The first-order chi connectivity index (χ1) is 5.36. The van der Waals surface area contributed by atoms with Crippen LogP contribution in [0.1, 0.15) is 5.56 Å². The van der Waals surface area contributed by atoms with E-state index >= 15 is 0 Å². The third-order valence-electron chi connectivity index (χ3n) is 1.57. The minimum atomic E-state index is 0.744. The van der Waals surface area contributed by atoms with Gasteiger partial charge in [-0.2, -0.15) is 0 Å². The number of rotatable bonds is 0. The van der Waals surface area contributed by atoms with Gasteiger partial charge in [0.25, 0.3) is 0 Å². The summed E-state index contributed by atoms with van der Waals surface area (Å²) in [6, 6.07) is 5.73. The maximum Gasteiger partial charge on any atom is 0.0627 e. The molecule has 11 heavy (non-hydrogen) atoms. The summed E-state index contributed by atoms with van der Waals surface area (Å²) in [5, 5.41) is 0.744. The molecule has 3 heteroatoms. The molecule has 0 fully saturated rings. The highest BCUT2D eigenvalue weighted by Crippen LogP contribution is 2.22. The molecule has 0 bridgehead atoms. The molecule has 1 aromatic carbocycles. The molecule has 0 spiro atoms. The van der Waals surface area contributed by atoms with E-state index in [2.05, 4.69) is 10.9 Å². The number of hydrogen-bond donors (Lipinski definition) is 2. The minimum Gasteiger partial charge on any atom is -0.308 e. The number of fused-ring (bicyclic) bond motifs is 1. The summed E-state index contributed by atoms with van der Waals surface area (Å²) < 4.78 is 0.